The average Bonchev–Trinajstić information content (AvgIpc) is 1.89. The molecule has 0 spiro atoms. The van der Waals surface area contributed by atoms with Gasteiger partial charge in [-0.1, -0.05) is 37.0 Å². The van der Waals surface area contributed by atoms with Crippen LogP contribution in [0, 0.1) is 11.8 Å². The van der Waals surface area contributed by atoms with Gasteiger partial charge in [0.05, 0.1) is 0 Å². The maximum absolute atomic E-state index is 2.94. The van der Waals surface area contributed by atoms with E-state index in [1.54, 1.807) is 0 Å². The summed E-state index contributed by atoms with van der Waals surface area (Å²) in [5.74, 6) is 5.82. The third-order valence-corrected chi connectivity index (χ3v) is 0.762. The van der Waals surface area contributed by atoms with Crippen molar-refractivity contribution in [1.82, 2.24) is 0 Å². The molecular formula is C9H12. The van der Waals surface area contributed by atoms with Gasteiger partial charge in [-0.3, -0.25) is 0 Å². The molecule has 0 nitrogen and oxygen atoms in total. The predicted molar refractivity (Wildman–Crippen MR) is 42.0 cm³/mol. The molecule has 0 N–H and O–H groups in total. The first-order chi connectivity index (χ1) is 4.41. The molecule has 0 amide bonds. The first kappa shape index (κ1) is 8.04. The molecule has 0 aromatic rings. The van der Waals surface area contributed by atoms with E-state index in [0.29, 0.717) is 0 Å². The molecule has 0 aromatic carbocycles. The first-order valence-electron chi connectivity index (χ1n) is 3.18. The normalized spacial score (nSPS) is 10.0. The van der Waals surface area contributed by atoms with Crippen LogP contribution in [0.5, 0.6) is 0 Å². The van der Waals surface area contributed by atoms with E-state index in [1.165, 1.54) is 0 Å². The lowest BCUT2D eigenvalue weighted by molar-refractivity contribution is 1.28. The highest BCUT2D eigenvalue weighted by Crippen LogP contribution is 1.74. The van der Waals surface area contributed by atoms with Crippen molar-refractivity contribution in [3.05, 3.63) is 24.3 Å². The summed E-state index contributed by atoms with van der Waals surface area (Å²) in [5, 5.41) is 0. The summed E-state index contributed by atoms with van der Waals surface area (Å²) < 4.78 is 0. The molecule has 0 saturated heterocycles. The molecule has 0 aliphatic carbocycles. The van der Waals surface area contributed by atoms with E-state index in [2.05, 4.69) is 11.8 Å². The van der Waals surface area contributed by atoms with Gasteiger partial charge in [-0.2, -0.15) is 0 Å². The van der Waals surface area contributed by atoms with Gasteiger partial charge in [-0.25, -0.2) is 0 Å². The minimum absolute atomic E-state index is 0.931. The Kier molecular flexibility index (Phi) is 6.29. The first-order valence-corrected chi connectivity index (χ1v) is 3.18. The van der Waals surface area contributed by atoms with Crippen LogP contribution in [0.1, 0.15) is 20.3 Å². The van der Waals surface area contributed by atoms with Crippen molar-refractivity contribution in [2.75, 3.05) is 0 Å². The van der Waals surface area contributed by atoms with Crippen LogP contribution in [-0.2, 0) is 0 Å². The van der Waals surface area contributed by atoms with Gasteiger partial charge in [0.25, 0.3) is 0 Å². The van der Waals surface area contributed by atoms with Crippen molar-refractivity contribution in [3.63, 3.8) is 0 Å². The molecule has 48 valence electrons. The van der Waals surface area contributed by atoms with Gasteiger partial charge < -0.3 is 0 Å². The Morgan fingerprint density at radius 2 is 2.11 bits per heavy atom. The maximum Gasteiger partial charge on any atom is 0.00637 e. The molecule has 0 aromatic heterocycles. The van der Waals surface area contributed by atoms with Crippen LogP contribution in [0.15, 0.2) is 24.3 Å². The Bertz CT molecular complexity index is 151. The van der Waals surface area contributed by atoms with Gasteiger partial charge in [-0.15, -0.1) is 0 Å². The fourth-order valence-electron chi connectivity index (χ4n) is 0.376. The lowest BCUT2D eigenvalue weighted by atomic mass is 10.4. The van der Waals surface area contributed by atoms with Crippen LogP contribution in [0.25, 0.3) is 0 Å². The van der Waals surface area contributed by atoms with Crippen molar-refractivity contribution in [1.29, 1.82) is 0 Å². The van der Waals surface area contributed by atoms with Gasteiger partial charge in [0, 0.05) is 6.42 Å². The van der Waals surface area contributed by atoms with E-state index < -0.39 is 0 Å². The fourth-order valence-corrected chi connectivity index (χ4v) is 0.376. The highest BCUT2D eigenvalue weighted by atomic mass is 13.6. The van der Waals surface area contributed by atoms with Gasteiger partial charge >= 0.3 is 0 Å². The minimum Gasteiger partial charge on any atom is -0.0988 e. The third kappa shape index (κ3) is 7.04. The van der Waals surface area contributed by atoms with Gasteiger partial charge in [0.2, 0.25) is 0 Å². The molecule has 0 heterocycles. The number of rotatable bonds is 1. The summed E-state index contributed by atoms with van der Waals surface area (Å²) in [5.41, 5.74) is 0. The van der Waals surface area contributed by atoms with E-state index >= 15 is 0 Å². The Balaban J connectivity index is 3.46. The van der Waals surface area contributed by atoms with E-state index in [4.69, 9.17) is 0 Å². The highest BCUT2D eigenvalue weighted by molar-refractivity contribution is 5.18. The molecule has 9 heavy (non-hydrogen) atoms. The molecule has 0 radical (unpaired) electrons. The number of hydrogen-bond donors (Lipinski definition) is 0. The third-order valence-electron chi connectivity index (χ3n) is 0.762. The summed E-state index contributed by atoms with van der Waals surface area (Å²) in [6.07, 6.45) is 8.65. The van der Waals surface area contributed by atoms with Gasteiger partial charge in [-0.05, 0) is 13.0 Å². The van der Waals surface area contributed by atoms with Crippen molar-refractivity contribution in [2.24, 2.45) is 0 Å². The Morgan fingerprint density at radius 3 is 2.67 bits per heavy atom. The molecule has 0 bridgehead atoms. The monoisotopic (exact) mass is 120 g/mol. The molecule has 0 unspecified atom stereocenters. The Labute approximate surface area is 57.3 Å². The van der Waals surface area contributed by atoms with Gasteiger partial charge in [0.15, 0.2) is 0 Å². The molecule has 0 fully saturated rings. The van der Waals surface area contributed by atoms with E-state index in [9.17, 15) is 0 Å². The summed E-state index contributed by atoms with van der Waals surface area (Å²) in [4.78, 5) is 0. The number of hydrogen-bond acceptors (Lipinski definition) is 0. The van der Waals surface area contributed by atoms with Crippen LogP contribution >= 0.6 is 0 Å². The zero-order valence-electron chi connectivity index (χ0n) is 6.02. The van der Waals surface area contributed by atoms with Crippen LogP contribution in [0.2, 0.25) is 0 Å². The van der Waals surface area contributed by atoms with Crippen LogP contribution in [0.3, 0.4) is 0 Å². The molecule has 0 aliphatic heterocycles. The second kappa shape index (κ2) is 7.04. The highest BCUT2D eigenvalue weighted by Gasteiger charge is 1.57. The summed E-state index contributed by atoms with van der Waals surface area (Å²) in [6.45, 7) is 4.02. The zero-order chi connectivity index (χ0) is 6.95. The number of allylic oxidation sites excluding steroid dienone is 4. The Hall–Kier alpha value is -0.960. The molecule has 0 saturated carbocycles. The molecule has 0 rings (SSSR count). The van der Waals surface area contributed by atoms with Crippen molar-refractivity contribution < 1.29 is 0 Å². The second-order valence-corrected chi connectivity index (χ2v) is 1.56. The van der Waals surface area contributed by atoms with E-state index in [-0.39, 0.29) is 0 Å². The van der Waals surface area contributed by atoms with Crippen molar-refractivity contribution in [3.8, 4) is 11.8 Å². The standard InChI is InChI=1S/C9H12/c1-3-5-7-9-8-6-4-2/h3,5,7,9H,4H2,1-2H3/b5-3+,9-7-. The zero-order valence-corrected chi connectivity index (χ0v) is 6.02. The van der Waals surface area contributed by atoms with E-state index in [1.807, 2.05) is 38.2 Å². The molecular weight excluding hydrogens is 108 g/mol. The lowest BCUT2D eigenvalue weighted by Crippen LogP contribution is -1.51. The quantitative estimate of drug-likeness (QED) is 0.368. The second-order valence-electron chi connectivity index (χ2n) is 1.56. The van der Waals surface area contributed by atoms with Gasteiger partial charge in [0.1, 0.15) is 0 Å². The SMILES string of the molecule is C/C=C/C=C\C#CCC. The largest absolute Gasteiger partial charge is 0.0988 e. The Morgan fingerprint density at radius 1 is 1.33 bits per heavy atom. The summed E-state index contributed by atoms with van der Waals surface area (Å²) in [6, 6.07) is 0. The smallest absolute Gasteiger partial charge is 0.00637 e. The van der Waals surface area contributed by atoms with Crippen molar-refractivity contribution in [2.45, 2.75) is 20.3 Å². The predicted octanol–water partition coefficient (Wildman–Crippen LogP) is 2.53. The maximum atomic E-state index is 2.94. The minimum atomic E-state index is 0.931. The lowest BCUT2D eigenvalue weighted by Gasteiger charge is -1.67. The molecule has 0 heteroatoms. The van der Waals surface area contributed by atoms with Crippen LogP contribution in [0.4, 0.5) is 0 Å². The average molecular weight is 120 g/mol. The van der Waals surface area contributed by atoms with Crippen molar-refractivity contribution >= 4 is 0 Å². The summed E-state index contributed by atoms with van der Waals surface area (Å²) in [7, 11) is 0. The van der Waals surface area contributed by atoms with Crippen LogP contribution in [-0.4, -0.2) is 0 Å². The van der Waals surface area contributed by atoms with E-state index in [0.717, 1.165) is 6.42 Å². The molecule has 0 aliphatic rings. The fraction of sp³-hybridized carbons (Fsp3) is 0.333. The van der Waals surface area contributed by atoms with Crippen LogP contribution < -0.4 is 0 Å². The topological polar surface area (TPSA) is 0 Å². The summed E-state index contributed by atoms with van der Waals surface area (Å²) >= 11 is 0. The molecule has 0 atom stereocenters.